The lowest BCUT2D eigenvalue weighted by molar-refractivity contribution is 0.572. The molecule has 2 aromatic rings. The summed E-state index contributed by atoms with van der Waals surface area (Å²) in [6.07, 6.45) is 2.56. The van der Waals surface area contributed by atoms with Crippen molar-refractivity contribution in [1.82, 2.24) is 14.9 Å². The first kappa shape index (κ1) is 12.7. The summed E-state index contributed by atoms with van der Waals surface area (Å²) in [6.45, 7) is 0.136. The van der Waals surface area contributed by atoms with Crippen LogP contribution in [0.2, 0.25) is 0 Å². The Morgan fingerprint density at radius 2 is 2.06 bits per heavy atom. The van der Waals surface area contributed by atoms with Gasteiger partial charge < -0.3 is 5.73 Å². The molecule has 0 radical (unpaired) electrons. The molecule has 0 bridgehead atoms. The van der Waals surface area contributed by atoms with E-state index in [1.165, 1.54) is 12.4 Å². The number of H-pyrrole nitrogens is 1. The first-order valence-electron chi connectivity index (χ1n) is 5.38. The van der Waals surface area contributed by atoms with Crippen molar-refractivity contribution in [2.24, 2.45) is 5.73 Å². The van der Waals surface area contributed by atoms with Gasteiger partial charge in [-0.3, -0.25) is 5.10 Å². The Bertz CT molecular complexity index is 581. The highest BCUT2D eigenvalue weighted by Gasteiger charge is 2.16. The number of nitrogens with one attached hydrogen (secondary N) is 2. The van der Waals surface area contributed by atoms with Gasteiger partial charge in [0.2, 0.25) is 10.0 Å². The van der Waals surface area contributed by atoms with Crippen molar-refractivity contribution in [3.63, 3.8) is 0 Å². The average Bonchev–Trinajstić information content (AvgIpc) is 2.92. The second-order valence-electron chi connectivity index (χ2n) is 3.80. The highest BCUT2D eigenvalue weighted by molar-refractivity contribution is 7.89. The maximum Gasteiger partial charge on any atom is 0.243 e. The smallest absolute Gasteiger partial charge is 0.243 e. The lowest BCUT2D eigenvalue weighted by atomic mass is 10.1. The lowest BCUT2D eigenvalue weighted by Gasteiger charge is -2.12. The fourth-order valence-corrected chi connectivity index (χ4v) is 2.45. The van der Waals surface area contributed by atoms with E-state index in [1.54, 1.807) is 0 Å². The molecule has 0 saturated heterocycles. The molecule has 4 N–H and O–H groups in total. The van der Waals surface area contributed by atoms with Crippen LogP contribution in [0.1, 0.15) is 11.6 Å². The minimum Gasteiger partial charge on any atom is -0.323 e. The van der Waals surface area contributed by atoms with Crippen LogP contribution in [-0.2, 0) is 10.0 Å². The minimum absolute atomic E-state index is 0.0998. The zero-order valence-corrected chi connectivity index (χ0v) is 10.4. The van der Waals surface area contributed by atoms with Gasteiger partial charge in [0.05, 0.1) is 6.20 Å². The van der Waals surface area contributed by atoms with E-state index in [-0.39, 0.29) is 17.5 Å². The first-order valence-corrected chi connectivity index (χ1v) is 6.87. The van der Waals surface area contributed by atoms with Gasteiger partial charge in [-0.2, -0.15) is 5.10 Å². The molecule has 18 heavy (non-hydrogen) atoms. The molecule has 1 heterocycles. The Balaban J connectivity index is 2.00. The van der Waals surface area contributed by atoms with Crippen molar-refractivity contribution < 1.29 is 8.42 Å². The predicted molar refractivity (Wildman–Crippen MR) is 67.1 cm³/mol. The van der Waals surface area contributed by atoms with E-state index >= 15 is 0 Å². The van der Waals surface area contributed by atoms with Gasteiger partial charge >= 0.3 is 0 Å². The number of nitrogens with two attached hydrogens (primary N) is 1. The van der Waals surface area contributed by atoms with Crippen LogP contribution in [0, 0.1) is 0 Å². The van der Waals surface area contributed by atoms with E-state index in [1.807, 2.05) is 30.3 Å². The molecule has 6 nitrogen and oxygen atoms in total. The molecule has 0 spiro atoms. The third kappa shape index (κ3) is 2.95. The van der Waals surface area contributed by atoms with Crippen LogP contribution in [0.5, 0.6) is 0 Å². The Morgan fingerprint density at radius 3 is 2.67 bits per heavy atom. The van der Waals surface area contributed by atoms with Crippen LogP contribution in [0.4, 0.5) is 0 Å². The number of sulfonamides is 1. The molecule has 1 unspecified atom stereocenters. The molecule has 0 amide bonds. The van der Waals surface area contributed by atoms with Gasteiger partial charge in [0.25, 0.3) is 0 Å². The minimum atomic E-state index is -3.54. The van der Waals surface area contributed by atoms with Crippen molar-refractivity contribution in [3.8, 4) is 0 Å². The number of hydrogen-bond donors (Lipinski definition) is 3. The predicted octanol–water partition coefficient (Wildman–Crippen LogP) is 0.388. The largest absolute Gasteiger partial charge is 0.323 e. The summed E-state index contributed by atoms with van der Waals surface area (Å²) in [5, 5.41) is 6.05. The van der Waals surface area contributed by atoms with Crippen molar-refractivity contribution >= 4 is 10.0 Å². The maximum absolute atomic E-state index is 11.8. The Hall–Kier alpha value is -1.70. The van der Waals surface area contributed by atoms with Crippen LogP contribution >= 0.6 is 0 Å². The third-order valence-electron chi connectivity index (χ3n) is 2.50. The molecular weight excluding hydrogens is 252 g/mol. The molecule has 7 heteroatoms. The molecule has 1 atom stereocenters. The van der Waals surface area contributed by atoms with Gasteiger partial charge in [-0.05, 0) is 5.56 Å². The lowest BCUT2D eigenvalue weighted by Crippen LogP contribution is -2.31. The van der Waals surface area contributed by atoms with E-state index in [0.717, 1.165) is 5.56 Å². The molecule has 0 saturated carbocycles. The molecule has 1 aromatic carbocycles. The van der Waals surface area contributed by atoms with Crippen molar-refractivity contribution in [1.29, 1.82) is 0 Å². The number of aromatic amines is 1. The molecular formula is C11H14N4O2S. The van der Waals surface area contributed by atoms with Gasteiger partial charge in [-0.25, -0.2) is 13.1 Å². The summed E-state index contributed by atoms with van der Waals surface area (Å²) in [6, 6.07) is 8.94. The molecule has 0 aliphatic rings. The van der Waals surface area contributed by atoms with Gasteiger partial charge in [-0.15, -0.1) is 0 Å². The second-order valence-corrected chi connectivity index (χ2v) is 5.57. The molecule has 96 valence electrons. The maximum atomic E-state index is 11.8. The van der Waals surface area contributed by atoms with E-state index in [2.05, 4.69) is 14.9 Å². The fraction of sp³-hybridized carbons (Fsp3) is 0.182. The van der Waals surface area contributed by atoms with Crippen LogP contribution in [0.15, 0.2) is 47.6 Å². The number of rotatable bonds is 5. The Morgan fingerprint density at radius 1 is 1.33 bits per heavy atom. The fourth-order valence-electron chi connectivity index (χ4n) is 1.49. The Labute approximate surface area is 105 Å². The van der Waals surface area contributed by atoms with Gasteiger partial charge in [0, 0.05) is 18.8 Å². The van der Waals surface area contributed by atoms with E-state index < -0.39 is 10.0 Å². The molecule has 1 aromatic heterocycles. The van der Waals surface area contributed by atoms with Crippen LogP contribution in [0.3, 0.4) is 0 Å². The SMILES string of the molecule is NC(CNS(=O)(=O)c1cn[nH]c1)c1ccccc1. The molecule has 2 rings (SSSR count). The summed E-state index contributed by atoms with van der Waals surface area (Å²) in [7, 11) is -3.54. The van der Waals surface area contributed by atoms with Gasteiger partial charge in [0.15, 0.2) is 0 Å². The monoisotopic (exact) mass is 266 g/mol. The highest BCUT2D eigenvalue weighted by atomic mass is 32.2. The summed E-state index contributed by atoms with van der Waals surface area (Å²) in [5.41, 5.74) is 6.79. The summed E-state index contributed by atoms with van der Waals surface area (Å²) in [5.74, 6) is 0. The van der Waals surface area contributed by atoms with E-state index in [0.29, 0.717) is 0 Å². The summed E-state index contributed by atoms with van der Waals surface area (Å²) in [4.78, 5) is 0.0998. The topological polar surface area (TPSA) is 101 Å². The molecule has 0 fully saturated rings. The van der Waals surface area contributed by atoms with Crippen LogP contribution < -0.4 is 10.5 Å². The third-order valence-corrected chi connectivity index (χ3v) is 3.89. The zero-order chi connectivity index (χ0) is 13.0. The quantitative estimate of drug-likeness (QED) is 0.728. The van der Waals surface area contributed by atoms with Crippen LogP contribution in [-0.4, -0.2) is 25.2 Å². The van der Waals surface area contributed by atoms with E-state index in [4.69, 9.17) is 5.73 Å². The summed E-state index contributed by atoms with van der Waals surface area (Å²) >= 11 is 0. The molecule has 0 aliphatic carbocycles. The van der Waals surface area contributed by atoms with Gasteiger partial charge in [-0.1, -0.05) is 30.3 Å². The average molecular weight is 266 g/mol. The highest BCUT2D eigenvalue weighted by Crippen LogP contribution is 2.10. The van der Waals surface area contributed by atoms with Crippen molar-refractivity contribution in [2.45, 2.75) is 10.9 Å². The van der Waals surface area contributed by atoms with Crippen molar-refractivity contribution in [2.75, 3.05) is 6.54 Å². The Kier molecular flexibility index (Phi) is 3.75. The van der Waals surface area contributed by atoms with Gasteiger partial charge in [0.1, 0.15) is 4.90 Å². The van der Waals surface area contributed by atoms with E-state index in [9.17, 15) is 8.42 Å². The summed E-state index contributed by atoms with van der Waals surface area (Å²) < 4.78 is 26.1. The second kappa shape index (κ2) is 5.30. The number of aromatic nitrogens is 2. The first-order chi connectivity index (χ1) is 8.59. The number of nitrogens with zero attached hydrogens (tertiary/aromatic N) is 1. The number of hydrogen-bond acceptors (Lipinski definition) is 4. The number of benzene rings is 1. The normalized spacial score (nSPS) is 13.4. The molecule has 0 aliphatic heterocycles. The van der Waals surface area contributed by atoms with Crippen molar-refractivity contribution in [3.05, 3.63) is 48.3 Å². The standard InChI is InChI=1S/C11H14N4O2S/c12-11(9-4-2-1-3-5-9)8-15-18(16,17)10-6-13-14-7-10/h1-7,11,15H,8,12H2,(H,13,14). The van der Waals surface area contributed by atoms with Crippen LogP contribution in [0.25, 0.3) is 0 Å². The zero-order valence-electron chi connectivity index (χ0n) is 9.58.